The maximum absolute atomic E-state index is 11.8. The summed E-state index contributed by atoms with van der Waals surface area (Å²) < 4.78 is 0. The molecule has 5 heteroatoms. The predicted molar refractivity (Wildman–Crippen MR) is 74.2 cm³/mol. The number of benzene rings is 1. The van der Waals surface area contributed by atoms with E-state index in [-0.39, 0.29) is 5.91 Å². The molecule has 1 amide bonds. The fourth-order valence-corrected chi connectivity index (χ4v) is 2.36. The lowest BCUT2D eigenvalue weighted by Crippen LogP contribution is -2.29. The molecule has 1 aromatic carbocycles. The van der Waals surface area contributed by atoms with Crippen molar-refractivity contribution in [3.05, 3.63) is 23.8 Å². The molecular formula is C13H17N3OS. The normalized spacial score (nSPS) is 9.83. The summed E-state index contributed by atoms with van der Waals surface area (Å²) in [5.41, 5.74) is 7.66. The number of carbonyl (C=O) groups excluding carboxylic acids is 1. The Morgan fingerprint density at radius 3 is 2.94 bits per heavy atom. The van der Waals surface area contributed by atoms with Gasteiger partial charge in [-0.1, -0.05) is 6.07 Å². The fraction of sp³-hybridized carbons (Fsp3) is 0.385. The Hall–Kier alpha value is -1.67. The van der Waals surface area contributed by atoms with Crippen molar-refractivity contribution in [1.29, 1.82) is 5.26 Å². The summed E-state index contributed by atoms with van der Waals surface area (Å²) in [6.07, 6.45) is 0.361. The molecule has 0 spiro atoms. The monoisotopic (exact) mass is 263 g/mol. The average Bonchev–Trinajstić information content (AvgIpc) is 2.36. The first-order valence-corrected chi connectivity index (χ1v) is 6.63. The second kappa shape index (κ2) is 6.92. The molecule has 0 saturated heterocycles. The molecule has 0 aliphatic carbocycles. The van der Waals surface area contributed by atoms with Crippen molar-refractivity contribution in [2.45, 2.75) is 18.2 Å². The average molecular weight is 263 g/mol. The lowest BCUT2D eigenvalue weighted by Gasteiger charge is -2.15. The highest BCUT2D eigenvalue weighted by Gasteiger charge is 2.10. The first-order chi connectivity index (χ1) is 8.54. The van der Waals surface area contributed by atoms with Crippen molar-refractivity contribution in [2.24, 2.45) is 0 Å². The van der Waals surface area contributed by atoms with Gasteiger partial charge < -0.3 is 10.6 Å². The number of nitrogens with two attached hydrogens (primary N) is 1. The summed E-state index contributed by atoms with van der Waals surface area (Å²) in [6, 6.07) is 7.79. The Morgan fingerprint density at radius 2 is 2.28 bits per heavy atom. The standard InChI is InChI=1S/C13H17N3OS/c1-10-4-5-11(15)12(8-10)18-9-13(17)16(2)7-3-6-14/h4-5,8H,3,7,9,15H2,1-2H3. The van der Waals surface area contributed by atoms with Gasteiger partial charge >= 0.3 is 0 Å². The number of nitrogens with zero attached hydrogens (tertiary/aromatic N) is 2. The highest BCUT2D eigenvalue weighted by Crippen LogP contribution is 2.26. The van der Waals surface area contributed by atoms with Gasteiger partial charge in [-0.2, -0.15) is 5.26 Å². The van der Waals surface area contributed by atoms with E-state index in [4.69, 9.17) is 11.0 Å². The van der Waals surface area contributed by atoms with Gasteiger partial charge in [0.2, 0.25) is 5.91 Å². The Balaban J connectivity index is 2.52. The van der Waals surface area contributed by atoms with E-state index in [1.807, 2.05) is 31.2 Å². The fourth-order valence-electron chi connectivity index (χ4n) is 1.36. The number of hydrogen-bond donors (Lipinski definition) is 1. The molecule has 0 unspecified atom stereocenters. The molecule has 4 nitrogen and oxygen atoms in total. The van der Waals surface area contributed by atoms with E-state index >= 15 is 0 Å². The van der Waals surface area contributed by atoms with Gasteiger partial charge in [-0.15, -0.1) is 11.8 Å². The molecule has 0 bridgehead atoms. The molecule has 96 valence electrons. The van der Waals surface area contributed by atoms with Crippen LogP contribution in [0.1, 0.15) is 12.0 Å². The SMILES string of the molecule is Cc1ccc(N)c(SCC(=O)N(C)CCC#N)c1. The number of rotatable bonds is 5. The largest absolute Gasteiger partial charge is 0.398 e. The van der Waals surface area contributed by atoms with Crippen LogP contribution in [0.4, 0.5) is 5.69 Å². The van der Waals surface area contributed by atoms with Crippen LogP contribution in [-0.2, 0) is 4.79 Å². The minimum absolute atomic E-state index is 0.0103. The van der Waals surface area contributed by atoms with Crippen molar-refractivity contribution in [3.63, 3.8) is 0 Å². The van der Waals surface area contributed by atoms with Crippen LogP contribution in [0.2, 0.25) is 0 Å². The van der Waals surface area contributed by atoms with Crippen LogP contribution in [0.3, 0.4) is 0 Å². The second-order valence-electron chi connectivity index (χ2n) is 4.05. The Bertz CT molecular complexity index is 468. The minimum Gasteiger partial charge on any atom is -0.398 e. The summed E-state index contributed by atoms with van der Waals surface area (Å²) in [5, 5.41) is 8.46. The van der Waals surface area contributed by atoms with Crippen LogP contribution in [0.15, 0.2) is 23.1 Å². The Labute approximate surface area is 112 Å². The summed E-state index contributed by atoms with van der Waals surface area (Å²) >= 11 is 1.43. The predicted octanol–water partition coefficient (Wildman–Crippen LogP) is 2.04. The Morgan fingerprint density at radius 1 is 1.56 bits per heavy atom. The van der Waals surface area contributed by atoms with Crippen molar-refractivity contribution in [1.82, 2.24) is 4.90 Å². The first kappa shape index (κ1) is 14.4. The number of hydrogen-bond acceptors (Lipinski definition) is 4. The van der Waals surface area contributed by atoms with Gasteiger partial charge in [-0.25, -0.2) is 0 Å². The van der Waals surface area contributed by atoms with Crippen LogP contribution in [0.5, 0.6) is 0 Å². The molecule has 0 atom stereocenters. The van der Waals surface area contributed by atoms with E-state index in [9.17, 15) is 4.79 Å². The summed E-state index contributed by atoms with van der Waals surface area (Å²) in [4.78, 5) is 14.3. The van der Waals surface area contributed by atoms with Crippen LogP contribution >= 0.6 is 11.8 Å². The molecule has 0 heterocycles. The van der Waals surface area contributed by atoms with Gasteiger partial charge in [0, 0.05) is 24.2 Å². The van der Waals surface area contributed by atoms with Gasteiger partial charge in [-0.05, 0) is 24.6 Å². The van der Waals surface area contributed by atoms with Crippen LogP contribution in [-0.4, -0.2) is 30.2 Å². The first-order valence-electron chi connectivity index (χ1n) is 5.64. The maximum atomic E-state index is 11.8. The third kappa shape index (κ3) is 4.30. The van der Waals surface area contributed by atoms with E-state index in [1.54, 1.807) is 11.9 Å². The lowest BCUT2D eigenvalue weighted by molar-refractivity contribution is -0.127. The number of thioether (sulfide) groups is 1. The molecule has 0 saturated carbocycles. The van der Waals surface area contributed by atoms with Crippen LogP contribution in [0.25, 0.3) is 0 Å². The zero-order valence-corrected chi connectivity index (χ0v) is 11.5. The van der Waals surface area contributed by atoms with Gasteiger partial charge in [0.15, 0.2) is 0 Å². The van der Waals surface area contributed by atoms with Crippen LogP contribution < -0.4 is 5.73 Å². The van der Waals surface area contributed by atoms with E-state index in [1.165, 1.54) is 11.8 Å². The van der Waals surface area contributed by atoms with Crippen molar-refractivity contribution in [3.8, 4) is 6.07 Å². The molecule has 2 N–H and O–H groups in total. The Kier molecular flexibility index (Phi) is 5.53. The number of nitrogen functional groups attached to an aromatic ring is 1. The highest BCUT2D eigenvalue weighted by molar-refractivity contribution is 8.00. The number of amides is 1. The smallest absolute Gasteiger partial charge is 0.232 e. The summed E-state index contributed by atoms with van der Waals surface area (Å²) in [5.74, 6) is 0.353. The second-order valence-corrected chi connectivity index (χ2v) is 5.07. The lowest BCUT2D eigenvalue weighted by atomic mass is 10.2. The number of carbonyl (C=O) groups is 1. The van der Waals surface area contributed by atoms with Gasteiger partial charge in [0.25, 0.3) is 0 Å². The van der Waals surface area contributed by atoms with Gasteiger partial charge in [0.05, 0.1) is 18.2 Å². The van der Waals surface area contributed by atoms with Gasteiger partial charge in [0.1, 0.15) is 0 Å². The van der Waals surface area contributed by atoms with E-state index in [0.717, 1.165) is 10.5 Å². The quantitative estimate of drug-likeness (QED) is 0.652. The zero-order valence-electron chi connectivity index (χ0n) is 10.6. The molecular weight excluding hydrogens is 246 g/mol. The van der Waals surface area contributed by atoms with E-state index in [2.05, 4.69) is 0 Å². The van der Waals surface area contributed by atoms with E-state index < -0.39 is 0 Å². The minimum atomic E-state index is 0.0103. The van der Waals surface area contributed by atoms with Crippen molar-refractivity contribution in [2.75, 3.05) is 25.1 Å². The topological polar surface area (TPSA) is 70.1 Å². The third-order valence-corrected chi connectivity index (χ3v) is 3.56. The number of nitriles is 1. The third-order valence-electron chi connectivity index (χ3n) is 2.50. The molecule has 1 aromatic rings. The zero-order chi connectivity index (χ0) is 13.5. The van der Waals surface area contributed by atoms with Gasteiger partial charge in [-0.3, -0.25) is 4.79 Å². The van der Waals surface area contributed by atoms with E-state index in [0.29, 0.717) is 24.4 Å². The van der Waals surface area contributed by atoms with Crippen LogP contribution in [0, 0.1) is 18.3 Å². The number of anilines is 1. The molecule has 0 aromatic heterocycles. The van der Waals surface area contributed by atoms with Crippen molar-refractivity contribution >= 4 is 23.4 Å². The molecule has 18 heavy (non-hydrogen) atoms. The molecule has 0 fully saturated rings. The van der Waals surface area contributed by atoms with Crippen molar-refractivity contribution < 1.29 is 4.79 Å². The maximum Gasteiger partial charge on any atom is 0.232 e. The number of aryl methyl sites for hydroxylation is 1. The molecule has 0 aliphatic rings. The molecule has 0 radical (unpaired) electrons. The molecule has 0 aliphatic heterocycles. The summed E-state index contributed by atoms with van der Waals surface area (Å²) in [7, 11) is 1.71. The highest BCUT2D eigenvalue weighted by atomic mass is 32.2. The molecule has 1 rings (SSSR count). The summed E-state index contributed by atoms with van der Waals surface area (Å²) in [6.45, 7) is 2.46.